The van der Waals surface area contributed by atoms with Crippen molar-refractivity contribution in [2.75, 3.05) is 6.54 Å². The highest BCUT2D eigenvalue weighted by Gasteiger charge is 2.70. The number of nitrogens with one attached hydrogen (secondary N) is 1. The molecular weight excluding hydrogens is 277 g/mol. The lowest BCUT2D eigenvalue weighted by Crippen LogP contribution is -2.62. The average Bonchev–Trinajstić information content (AvgIpc) is 2.65. The highest BCUT2D eigenvalue weighted by atomic mass is 19.4. The molecular formula is C14H16F5N. The Balaban J connectivity index is 2.55. The van der Waals surface area contributed by atoms with Gasteiger partial charge >= 0.3 is 12.1 Å². The first-order valence-electron chi connectivity index (χ1n) is 6.56. The normalized spacial score (nSPS) is 25.2. The van der Waals surface area contributed by atoms with Gasteiger partial charge in [0.05, 0.1) is 0 Å². The quantitative estimate of drug-likeness (QED) is 0.804. The lowest BCUT2D eigenvalue weighted by molar-refractivity contribution is -0.315. The zero-order valence-corrected chi connectivity index (χ0v) is 10.8. The molecule has 0 spiro atoms. The summed E-state index contributed by atoms with van der Waals surface area (Å²) in [7, 11) is 0. The minimum absolute atomic E-state index is 0.00998. The third-order valence-corrected chi connectivity index (χ3v) is 3.81. The Kier molecular flexibility index (Phi) is 4.04. The van der Waals surface area contributed by atoms with E-state index >= 15 is 0 Å². The summed E-state index contributed by atoms with van der Waals surface area (Å²) in [6.07, 6.45) is -4.23. The molecule has 112 valence electrons. The summed E-state index contributed by atoms with van der Waals surface area (Å²) in [5, 5.41) is 2.49. The summed E-state index contributed by atoms with van der Waals surface area (Å²) < 4.78 is 67.0. The van der Waals surface area contributed by atoms with E-state index < -0.39 is 17.6 Å². The SMILES string of the molecule is FC(F)(F)C(F)(F)[C@]1(c2ccccc2)CCCCCN1. The summed E-state index contributed by atoms with van der Waals surface area (Å²) in [6, 6.07) is 7.22. The van der Waals surface area contributed by atoms with E-state index in [0.29, 0.717) is 19.3 Å². The highest BCUT2D eigenvalue weighted by Crippen LogP contribution is 2.51. The van der Waals surface area contributed by atoms with E-state index in [-0.39, 0.29) is 18.5 Å². The Morgan fingerprint density at radius 1 is 0.900 bits per heavy atom. The summed E-state index contributed by atoms with van der Waals surface area (Å²) in [5.41, 5.74) is -2.38. The Morgan fingerprint density at radius 2 is 1.55 bits per heavy atom. The molecule has 1 saturated heterocycles. The molecule has 0 saturated carbocycles. The fourth-order valence-electron chi connectivity index (χ4n) is 2.74. The number of hydrogen-bond acceptors (Lipinski definition) is 1. The molecule has 1 atom stereocenters. The van der Waals surface area contributed by atoms with Crippen LogP contribution in [0.3, 0.4) is 0 Å². The van der Waals surface area contributed by atoms with Crippen LogP contribution < -0.4 is 5.32 Å². The molecule has 6 heteroatoms. The Labute approximate surface area is 114 Å². The molecule has 0 amide bonds. The van der Waals surface area contributed by atoms with Crippen LogP contribution in [-0.2, 0) is 5.54 Å². The maximum absolute atomic E-state index is 14.2. The lowest BCUT2D eigenvalue weighted by atomic mass is 9.79. The van der Waals surface area contributed by atoms with Crippen LogP contribution in [0, 0.1) is 0 Å². The molecule has 0 unspecified atom stereocenters. The van der Waals surface area contributed by atoms with Gasteiger partial charge < -0.3 is 5.32 Å². The van der Waals surface area contributed by atoms with Gasteiger partial charge in [-0.2, -0.15) is 22.0 Å². The third kappa shape index (κ3) is 2.41. The van der Waals surface area contributed by atoms with Gasteiger partial charge in [0.15, 0.2) is 0 Å². The van der Waals surface area contributed by atoms with Crippen molar-refractivity contribution in [3.8, 4) is 0 Å². The van der Waals surface area contributed by atoms with Gasteiger partial charge in [0.2, 0.25) is 0 Å². The standard InChI is InChI=1S/C14H16F5N/c15-13(16,14(17,18)19)12(9-5-2-6-10-20-12)11-7-3-1-4-8-11/h1,3-4,7-8,20H,2,5-6,9-10H2/t12-/m1/s1. The van der Waals surface area contributed by atoms with Crippen LogP contribution in [0.25, 0.3) is 0 Å². The molecule has 0 aromatic heterocycles. The second kappa shape index (κ2) is 5.31. The van der Waals surface area contributed by atoms with Crippen molar-refractivity contribution in [3.63, 3.8) is 0 Å². The molecule has 1 aliphatic heterocycles. The molecule has 1 aromatic carbocycles. The largest absolute Gasteiger partial charge is 0.455 e. The maximum atomic E-state index is 14.2. The number of alkyl halides is 5. The predicted molar refractivity (Wildman–Crippen MR) is 65.6 cm³/mol. The van der Waals surface area contributed by atoms with Gasteiger partial charge in [-0.05, 0) is 24.9 Å². The number of rotatable bonds is 2. The van der Waals surface area contributed by atoms with Crippen LogP contribution in [0.5, 0.6) is 0 Å². The Hall–Kier alpha value is -1.17. The van der Waals surface area contributed by atoms with Crippen LogP contribution in [0.1, 0.15) is 31.2 Å². The number of halogens is 5. The van der Waals surface area contributed by atoms with E-state index in [2.05, 4.69) is 5.32 Å². The van der Waals surface area contributed by atoms with Gasteiger partial charge in [0, 0.05) is 0 Å². The van der Waals surface area contributed by atoms with Crippen LogP contribution in [0.15, 0.2) is 30.3 Å². The molecule has 1 heterocycles. The first-order valence-corrected chi connectivity index (χ1v) is 6.56. The third-order valence-electron chi connectivity index (χ3n) is 3.81. The van der Waals surface area contributed by atoms with Crippen molar-refractivity contribution in [1.29, 1.82) is 0 Å². The summed E-state index contributed by atoms with van der Waals surface area (Å²) in [4.78, 5) is 0. The molecule has 1 nitrogen and oxygen atoms in total. The lowest BCUT2D eigenvalue weighted by Gasteiger charge is -2.41. The van der Waals surface area contributed by atoms with E-state index in [0.717, 1.165) is 0 Å². The van der Waals surface area contributed by atoms with Gasteiger partial charge in [-0.3, -0.25) is 0 Å². The molecule has 1 N–H and O–H groups in total. The predicted octanol–water partition coefficient (Wildman–Crippen LogP) is 4.24. The summed E-state index contributed by atoms with van der Waals surface area (Å²) in [6.45, 7) is 0.153. The molecule has 1 aromatic rings. The van der Waals surface area contributed by atoms with E-state index in [1.807, 2.05) is 0 Å². The summed E-state index contributed by atoms with van der Waals surface area (Å²) in [5.74, 6) is -4.81. The molecule has 1 fully saturated rings. The van der Waals surface area contributed by atoms with E-state index in [1.54, 1.807) is 6.07 Å². The second-order valence-electron chi connectivity index (χ2n) is 5.08. The fraction of sp³-hybridized carbons (Fsp3) is 0.571. The van der Waals surface area contributed by atoms with Gasteiger partial charge in [-0.25, -0.2) is 0 Å². The van der Waals surface area contributed by atoms with Crippen molar-refractivity contribution in [1.82, 2.24) is 5.32 Å². The zero-order chi connectivity index (χ0) is 14.9. The molecule has 0 radical (unpaired) electrons. The molecule has 0 aliphatic carbocycles. The number of hydrogen-bond donors (Lipinski definition) is 1. The van der Waals surface area contributed by atoms with Gasteiger partial charge in [0.1, 0.15) is 5.54 Å². The molecule has 2 rings (SSSR count). The van der Waals surface area contributed by atoms with Crippen LogP contribution >= 0.6 is 0 Å². The molecule has 1 aliphatic rings. The monoisotopic (exact) mass is 293 g/mol. The zero-order valence-electron chi connectivity index (χ0n) is 10.8. The van der Waals surface area contributed by atoms with Gasteiger partial charge in [-0.1, -0.05) is 43.2 Å². The second-order valence-corrected chi connectivity index (χ2v) is 5.08. The van der Waals surface area contributed by atoms with Crippen molar-refractivity contribution in [2.24, 2.45) is 0 Å². The van der Waals surface area contributed by atoms with Gasteiger partial charge in [-0.15, -0.1) is 0 Å². The highest BCUT2D eigenvalue weighted by molar-refractivity contribution is 5.29. The Bertz CT molecular complexity index is 433. The van der Waals surface area contributed by atoms with Crippen molar-refractivity contribution in [3.05, 3.63) is 35.9 Å². The van der Waals surface area contributed by atoms with E-state index in [4.69, 9.17) is 0 Å². The van der Waals surface area contributed by atoms with Crippen LogP contribution in [0.2, 0.25) is 0 Å². The first kappa shape index (κ1) is 15.2. The van der Waals surface area contributed by atoms with Gasteiger partial charge in [0.25, 0.3) is 0 Å². The molecule has 20 heavy (non-hydrogen) atoms. The topological polar surface area (TPSA) is 12.0 Å². The minimum atomic E-state index is -5.58. The smallest absolute Gasteiger partial charge is 0.302 e. The van der Waals surface area contributed by atoms with Crippen molar-refractivity contribution in [2.45, 2.75) is 43.3 Å². The minimum Gasteiger partial charge on any atom is -0.302 e. The molecule has 0 bridgehead atoms. The maximum Gasteiger partial charge on any atom is 0.455 e. The van der Waals surface area contributed by atoms with Crippen molar-refractivity contribution >= 4 is 0 Å². The van der Waals surface area contributed by atoms with Crippen LogP contribution in [0.4, 0.5) is 22.0 Å². The van der Waals surface area contributed by atoms with E-state index in [9.17, 15) is 22.0 Å². The van der Waals surface area contributed by atoms with E-state index in [1.165, 1.54) is 24.3 Å². The summed E-state index contributed by atoms with van der Waals surface area (Å²) >= 11 is 0. The van der Waals surface area contributed by atoms with Crippen LogP contribution in [-0.4, -0.2) is 18.6 Å². The van der Waals surface area contributed by atoms with Crippen molar-refractivity contribution < 1.29 is 22.0 Å². The number of benzene rings is 1. The average molecular weight is 293 g/mol. The first-order chi connectivity index (χ1) is 9.31. The Morgan fingerprint density at radius 3 is 2.15 bits per heavy atom. The fourth-order valence-corrected chi connectivity index (χ4v) is 2.74.